The van der Waals surface area contributed by atoms with Crippen molar-refractivity contribution in [3.8, 4) is 0 Å². The average Bonchev–Trinajstić information content (AvgIpc) is 2.63. The van der Waals surface area contributed by atoms with E-state index >= 15 is 0 Å². The molecule has 0 radical (unpaired) electrons. The second-order valence-corrected chi connectivity index (χ2v) is 7.45. The summed E-state index contributed by atoms with van der Waals surface area (Å²) in [5.41, 5.74) is -0.455. The van der Waals surface area contributed by atoms with Gasteiger partial charge in [-0.05, 0) is 18.2 Å². The fourth-order valence-electron chi connectivity index (χ4n) is 2.44. The van der Waals surface area contributed by atoms with Crippen molar-refractivity contribution in [3.63, 3.8) is 0 Å². The smallest absolute Gasteiger partial charge is 0.320 e. The van der Waals surface area contributed by atoms with Gasteiger partial charge in [0.15, 0.2) is 0 Å². The van der Waals surface area contributed by atoms with Gasteiger partial charge in [-0.1, -0.05) is 50.2 Å². The summed E-state index contributed by atoms with van der Waals surface area (Å²) in [6, 6.07) is 12.0. The van der Waals surface area contributed by atoms with Crippen LogP contribution in [-0.4, -0.2) is 31.7 Å². The maximum atomic E-state index is 14.3. The zero-order valence-electron chi connectivity index (χ0n) is 14.4. The fourth-order valence-corrected chi connectivity index (χ4v) is 3.94. The maximum Gasteiger partial charge on any atom is 0.350 e. The molecule has 0 saturated heterocycles. The molecule has 0 aliphatic carbocycles. The molecule has 5 nitrogen and oxygen atoms in total. The summed E-state index contributed by atoms with van der Waals surface area (Å²) >= 11 is 0. The minimum absolute atomic E-state index is 0.0150. The zero-order chi connectivity index (χ0) is 19.4. The quantitative estimate of drug-likeness (QED) is 0.798. The van der Waals surface area contributed by atoms with Gasteiger partial charge in [-0.2, -0.15) is 13.1 Å². The monoisotopic (exact) mass is 382 g/mol. The lowest BCUT2D eigenvalue weighted by molar-refractivity contribution is -0.140. The minimum atomic E-state index is -3.75. The number of halogens is 2. The van der Waals surface area contributed by atoms with Crippen LogP contribution in [0.25, 0.3) is 0 Å². The van der Waals surface area contributed by atoms with Crippen molar-refractivity contribution in [1.82, 2.24) is 4.31 Å². The number of anilines is 1. The van der Waals surface area contributed by atoms with Crippen LogP contribution in [0, 0.1) is 0 Å². The number of sulfonamides is 1. The lowest BCUT2D eigenvalue weighted by Gasteiger charge is -2.19. The number of hydrogen-bond acceptors (Lipinski definition) is 3. The van der Waals surface area contributed by atoms with Crippen LogP contribution in [0.15, 0.2) is 59.5 Å². The van der Waals surface area contributed by atoms with Crippen LogP contribution in [0.4, 0.5) is 14.5 Å². The first kappa shape index (κ1) is 20.0. The summed E-state index contributed by atoms with van der Waals surface area (Å²) in [5.74, 6) is -5.27. The Balaban J connectivity index is 2.28. The highest BCUT2D eigenvalue weighted by Gasteiger charge is 2.40. The van der Waals surface area contributed by atoms with Crippen molar-refractivity contribution in [2.24, 2.45) is 0 Å². The Labute approximate surface area is 151 Å². The molecule has 2 aromatic rings. The molecule has 0 heterocycles. The molecule has 0 spiro atoms. The lowest BCUT2D eigenvalue weighted by Crippen LogP contribution is -2.32. The summed E-state index contributed by atoms with van der Waals surface area (Å²) in [5, 5.41) is 2.10. The van der Waals surface area contributed by atoms with E-state index in [0.29, 0.717) is 0 Å². The van der Waals surface area contributed by atoms with E-state index in [4.69, 9.17) is 0 Å². The highest BCUT2D eigenvalue weighted by atomic mass is 32.2. The molecule has 8 heteroatoms. The van der Waals surface area contributed by atoms with Crippen LogP contribution in [0.3, 0.4) is 0 Å². The Hall–Kier alpha value is -2.32. The fraction of sp³-hybridized carbons (Fsp3) is 0.278. The van der Waals surface area contributed by atoms with Gasteiger partial charge in [0, 0.05) is 24.3 Å². The first-order valence-electron chi connectivity index (χ1n) is 8.08. The Morgan fingerprint density at radius 1 is 1.04 bits per heavy atom. The molecular weight excluding hydrogens is 362 g/mol. The molecule has 0 atom stereocenters. The van der Waals surface area contributed by atoms with Gasteiger partial charge < -0.3 is 5.32 Å². The van der Waals surface area contributed by atoms with E-state index in [0.717, 1.165) is 12.1 Å². The number of nitrogens with zero attached hydrogens (tertiary/aromatic N) is 1. The summed E-state index contributed by atoms with van der Waals surface area (Å²) in [6.07, 6.45) is 0. The molecular formula is C18H20F2N2O3S. The Morgan fingerprint density at radius 2 is 1.65 bits per heavy atom. The van der Waals surface area contributed by atoms with E-state index in [9.17, 15) is 22.0 Å². The lowest BCUT2D eigenvalue weighted by atomic mass is 10.1. The van der Waals surface area contributed by atoms with Crippen molar-refractivity contribution >= 4 is 21.6 Å². The molecule has 0 saturated carbocycles. The molecule has 26 heavy (non-hydrogen) atoms. The third-order valence-electron chi connectivity index (χ3n) is 3.86. The number of nitrogens with one attached hydrogen (secondary N) is 1. The van der Waals surface area contributed by atoms with E-state index in [1.54, 1.807) is 19.9 Å². The highest BCUT2D eigenvalue weighted by molar-refractivity contribution is 7.89. The minimum Gasteiger partial charge on any atom is -0.320 e. The molecule has 2 aromatic carbocycles. The molecule has 1 N–H and O–H groups in total. The van der Waals surface area contributed by atoms with E-state index in [-0.39, 0.29) is 23.7 Å². The van der Waals surface area contributed by atoms with E-state index < -0.39 is 27.4 Å². The molecule has 0 unspecified atom stereocenters. The average molecular weight is 382 g/mol. The summed E-state index contributed by atoms with van der Waals surface area (Å²) in [6.45, 7) is 3.96. The van der Waals surface area contributed by atoms with Crippen molar-refractivity contribution in [2.75, 3.05) is 18.4 Å². The van der Waals surface area contributed by atoms with Gasteiger partial charge in [-0.15, -0.1) is 0 Å². The molecule has 2 rings (SSSR count). The Bertz CT molecular complexity index is 867. The predicted octanol–water partition coefficient (Wildman–Crippen LogP) is 3.45. The van der Waals surface area contributed by atoms with Crippen LogP contribution in [-0.2, 0) is 20.7 Å². The summed E-state index contributed by atoms with van der Waals surface area (Å²) in [4.78, 5) is 12.0. The van der Waals surface area contributed by atoms with Crippen molar-refractivity contribution in [1.29, 1.82) is 0 Å². The van der Waals surface area contributed by atoms with E-state index in [1.807, 2.05) is 0 Å². The predicted molar refractivity (Wildman–Crippen MR) is 95.5 cm³/mol. The van der Waals surface area contributed by atoms with Crippen LogP contribution < -0.4 is 5.32 Å². The molecule has 0 aliphatic heterocycles. The Kier molecular flexibility index (Phi) is 6.09. The highest BCUT2D eigenvalue weighted by Crippen LogP contribution is 2.30. The second kappa shape index (κ2) is 7.92. The number of carbonyl (C=O) groups excluding carboxylic acids is 1. The van der Waals surface area contributed by atoms with Crippen LogP contribution in [0.2, 0.25) is 0 Å². The van der Waals surface area contributed by atoms with Gasteiger partial charge in [0.25, 0.3) is 5.91 Å². The number of carbonyl (C=O) groups is 1. The Morgan fingerprint density at radius 3 is 2.23 bits per heavy atom. The van der Waals surface area contributed by atoms with Crippen molar-refractivity contribution in [2.45, 2.75) is 24.7 Å². The number of benzene rings is 2. The molecule has 0 aliphatic rings. The number of amides is 1. The molecule has 1 amide bonds. The van der Waals surface area contributed by atoms with Gasteiger partial charge in [-0.3, -0.25) is 4.79 Å². The summed E-state index contributed by atoms with van der Waals surface area (Å²) < 4.78 is 54.8. The van der Waals surface area contributed by atoms with Crippen molar-refractivity contribution in [3.05, 3.63) is 60.2 Å². The molecule has 0 aromatic heterocycles. The number of hydrogen-bond donors (Lipinski definition) is 1. The zero-order valence-corrected chi connectivity index (χ0v) is 15.3. The standard InChI is InChI=1S/C18H20F2N2O3S/c1-3-22(4-2)26(24,25)16-12-8-11-15(13-16)21-17(23)18(19,20)14-9-6-5-7-10-14/h5-13H,3-4H2,1-2H3,(H,21,23). The number of rotatable bonds is 7. The normalized spacial score (nSPS) is 12.2. The first-order chi connectivity index (χ1) is 12.2. The summed E-state index contributed by atoms with van der Waals surface area (Å²) in [7, 11) is -3.75. The van der Waals surface area contributed by atoms with Gasteiger partial charge in [0.2, 0.25) is 10.0 Å². The topological polar surface area (TPSA) is 66.5 Å². The van der Waals surface area contributed by atoms with Crippen LogP contribution in [0.1, 0.15) is 19.4 Å². The molecule has 140 valence electrons. The second-order valence-electron chi connectivity index (χ2n) is 5.51. The van der Waals surface area contributed by atoms with Crippen LogP contribution in [0.5, 0.6) is 0 Å². The molecule has 0 bridgehead atoms. The van der Waals surface area contributed by atoms with Crippen LogP contribution >= 0.6 is 0 Å². The van der Waals surface area contributed by atoms with Gasteiger partial charge in [-0.25, -0.2) is 8.42 Å². The third kappa shape index (κ3) is 4.08. The molecule has 0 fully saturated rings. The third-order valence-corrected chi connectivity index (χ3v) is 5.90. The largest absolute Gasteiger partial charge is 0.350 e. The van der Waals surface area contributed by atoms with Crippen molar-refractivity contribution < 1.29 is 22.0 Å². The first-order valence-corrected chi connectivity index (χ1v) is 9.52. The SMILES string of the molecule is CCN(CC)S(=O)(=O)c1cccc(NC(=O)C(F)(F)c2ccccc2)c1. The number of alkyl halides is 2. The van der Waals surface area contributed by atoms with Gasteiger partial charge in [0.05, 0.1) is 4.90 Å². The maximum absolute atomic E-state index is 14.3. The van der Waals surface area contributed by atoms with E-state index in [2.05, 4.69) is 5.32 Å². The van der Waals surface area contributed by atoms with Gasteiger partial charge in [0.1, 0.15) is 0 Å². The van der Waals surface area contributed by atoms with Gasteiger partial charge >= 0.3 is 5.92 Å². The van der Waals surface area contributed by atoms with E-state index in [1.165, 1.54) is 40.7 Å².